The van der Waals surface area contributed by atoms with Crippen LogP contribution in [0, 0.1) is 0 Å². The molecule has 1 rings (SSSR count). The van der Waals surface area contributed by atoms with Crippen LogP contribution in [0.15, 0.2) is 18.2 Å². The van der Waals surface area contributed by atoms with Gasteiger partial charge in [0.1, 0.15) is 11.5 Å². The van der Waals surface area contributed by atoms with E-state index in [0.29, 0.717) is 11.7 Å². The maximum absolute atomic E-state index is 9.69. The van der Waals surface area contributed by atoms with E-state index in [2.05, 4.69) is 13.8 Å². The van der Waals surface area contributed by atoms with E-state index in [1.54, 1.807) is 6.07 Å². The quantitative estimate of drug-likeness (QED) is 0.800. The van der Waals surface area contributed by atoms with Crippen molar-refractivity contribution in [1.29, 1.82) is 0 Å². The van der Waals surface area contributed by atoms with Gasteiger partial charge in [0.25, 0.3) is 0 Å². The topological polar surface area (TPSA) is 29.5 Å². The SMILES string of the molecule is CC(C)Oc1ccc(C(C)C)c(O)c1. The van der Waals surface area contributed by atoms with Crippen LogP contribution in [0.3, 0.4) is 0 Å². The molecule has 0 amide bonds. The van der Waals surface area contributed by atoms with Crippen molar-refractivity contribution in [2.24, 2.45) is 0 Å². The minimum absolute atomic E-state index is 0.138. The predicted molar refractivity (Wildman–Crippen MR) is 58.0 cm³/mol. The van der Waals surface area contributed by atoms with Gasteiger partial charge >= 0.3 is 0 Å². The summed E-state index contributed by atoms with van der Waals surface area (Å²) in [6.07, 6.45) is 0.138. The smallest absolute Gasteiger partial charge is 0.123 e. The molecule has 0 saturated carbocycles. The van der Waals surface area contributed by atoms with Gasteiger partial charge in [-0.25, -0.2) is 0 Å². The molecule has 0 atom stereocenters. The number of phenolic OH excluding ortho intramolecular Hbond substituents is 1. The standard InChI is InChI=1S/C12H18O2/c1-8(2)11-6-5-10(7-12(11)13)14-9(3)4/h5-9,13H,1-4H3. The minimum atomic E-state index is 0.138. The van der Waals surface area contributed by atoms with Crippen LogP contribution >= 0.6 is 0 Å². The molecule has 0 radical (unpaired) electrons. The number of hydrogen-bond donors (Lipinski definition) is 1. The molecule has 0 saturated heterocycles. The highest BCUT2D eigenvalue weighted by Crippen LogP contribution is 2.29. The first-order valence-electron chi connectivity index (χ1n) is 5.00. The molecule has 0 spiro atoms. The second kappa shape index (κ2) is 4.36. The molecule has 1 aromatic rings. The first kappa shape index (κ1) is 10.9. The average Bonchev–Trinajstić information content (AvgIpc) is 2.01. The summed E-state index contributed by atoms with van der Waals surface area (Å²) < 4.78 is 5.47. The monoisotopic (exact) mass is 194 g/mol. The lowest BCUT2D eigenvalue weighted by molar-refractivity contribution is 0.241. The molecule has 0 aliphatic carbocycles. The summed E-state index contributed by atoms with van der Waals surface area (Å²) in [5.41, 5.74) is 0.959. The molecule has 0 unspecified atom stereocenters. The number of ether oxygens (including phenoxy) is 1. The molecular formula is C12H18O2. The van der Waals surface area contributed by atoms with E-state index in [4.69, 9.17) is 4.74 Å². The molecule has 2 nitrogen and oxygen atoms in total. The van der Waals surface area contributed by atoms with E-state index in [0.717, 1.165) is 11.3 Å². The Morgan fingerprint density at radius 2 is 1.79 bits per heavy atom. The average molecular weight is 194 g/mol. The molecule has 0 aliphatic heterocycles. The predicted octanol–water partition coefficient (Wildman–Crippen LogP) is 3.30. The van der Waals surface area contributed by atoms with Crippen molar-refractivity contribution in [3.8, 4) is 11.5 Å². The van der Waals surface area contributed by atoms with E-state index < -0.39 is 0 Å². The molecule has 0 heterocycles. The molecule has 2 heteroatoms. The van der Waals surface area contributed by atoms with Crippen molar-refractivity contribution in [2.75, 3.05) is 0 Å². The van der Waals surface area contributed by atoms with Gasteiger partial charge in [0, 0.05) is 6.07 Å². The lowest BCUT2D eigenvalue weighted by atomic mass is 10.0. The summed E-state index contributed by atoms with van der Waals surface area (Å²) in [6.45, 7) is 8.04. The van der Waals surface area contributed by atoms with Crippen LogP contribution in [0.5, 0.6) is 11.5 Å². The van der Waals surface area contributed by atoms with Crippen LogP contribution in [0.25, 0.3) is 0 Å². The highest BCUT2D eigenvalue weighted by Gasteiger charge is 2.07. The Labute approximate surface area is 85.5 Å². The van der Waals surface area contributed by atoms with Crippen molar-refractivity contribution in [2.45, 2.75) is 39.7 Å². The third-order valence-electron chi connectivity index (χ3n) is 2.00. The molecule has 14 heavy (non-hydrogen) atoms. The molecular weight excluding hydrogens is 176 g/mol. The van der Waals surface area contributed by atoms with Gasteiger partial charge in [-0.1, -0.05) is 19.9 Å². The number of aromatic hydroxyl groups is 1. The van der Waals surface area contributed by atoms with E-state index in [9.17, 15) is 5.11 Å². The van der Waals surface area contributed by atoms with Crippen LogP contribution in [-0.2, 0) is 0 Å². The summed E-state index contributed by atoms with van der Waals surface area (Å²) in [6, 6.07) is 5.49. The highest BCUT2D eigenvalue weighted by molar-refractivity contribution is 5.41. The Hall–Kier alpha value is -1.18. The third kappa shape index (κ3) is 2.66. The summed E-state index contributed by atoms with van der Waals surface area (Å²) in [4.78, 5) is 0. The first-order valence-corrected chi connectivity index (χ1v) is 5.00. The van der Waals surface area contributed by atoms with Crippen LogP contribution in [0.4, 0.5) is 0 Å². The van der Waals surface area contributed by atoms with Crippen LogP contribution in [-0.4, -0.2) is 11.2 Å². The van der Waals surface area contributed by atoms with Crippen molar-refractivity contribution >= 4 is 0 Å². The maximum Gasteiger partial charge on any atom is 0.123 e. The first-order chi connectivity index (χ1) is 6.50. The van der Waals surface area contributed by atoms with Crippen LogP contribution < -0.4 is 4.74 Å². The normalized spacial score (nSPS) is 11.0. The zero-order valence-electron chi connectivity index (χ0n) is 9.24. The number of hydrogen-bond acceptors (Lipinski definition) is 2. The second-order valence-electron chi connectivity index (χ2n) is 4.04. The van der Waals surface area contributed by atoms with Crippen molar-refractivity contribution in [3.63, 3.8) is 0 Å². The fourth-order valence-corrected chi connectivity index (χ4v) is 1.36. The number of rotatable bonds is 3. The Morgan fingerprint density at radius 3 is 2.21 bits per heavy atom. The van der Waals surface area contributed by atoms with E-state index in [1.807, 2.05) is 26.0 Å². The van der Waals surface area contributed by atoms with Gasteiger partial charge in [-0.2, -0.15) is 0 Å². The van der Waals surface area contributed by atoms with Gasteiger partial charge < -0.3 is 9.84 Å². The zero-order valence-corrected chi connectivity index (χ0v) is 9.24. The van der Waals surface area contributed by atoms with E-state index >= 15 is 0 Å². The molecule has 1 N–H and O–H groups in total. The van der Waals surface area contributed by atoms with Gasteiger partial charge in [0.2, 0.25) is 0 Å². The van der Waals surface area contributed by atoms with Gasteiger partial charge in [-0.05, 0) is 31.4 Å². The summed E-state index contributed by atoms with van der Waals surface area (Å²) in [5.74, 6) is 1.38. The van der Waals surface area contributed by atoms with Crippen LogP contribution in [0.2, 0.25) is 0 Å². The van der Waals surface area contributed by atoms with Gasteiger partial charge in [-0.15, -0.1) is 0 Å². The molecule has 1 aromatic carbocycles. The van der Waals surface area contributed by atoms with Crippen molar-refractivity contribution in [1.82, 2.24) is 0 Å². The fraction of sp³-hybridized carbons (Fsp3) is 0.500. The molecule has 0 aliphatic rings. The van der Waals surface area contributed by atoms with Gasteiger partial charge in [0.15, 0.2) is 0 Å². The Kier molecular flexibility index (Phi) is 3.39. The summed E-state index contributed by atoms with van der Waals surface area (Å²) >= 11 is 0. The minimum Gasteiger partial charge on any atom is -0.508 e. The summed E-state index contributed by atoms with van der Waals surface area (Å²) in [7, 11) is 0. The third-order valence-corrected chi connectivity index (χ3v) is 2.00. The Balaban J connectivity index is 2.89. The molecule has 0 aromatic heterocycles. The summed E-state index contributed by atoms with van der Waals surface area (Å²) in [5, 5.41) is 9.69. The van der Waals surface area contributed by atoms with E-state index in [1.165, 1.54) is 0 Å². The molecule has 0 bridgehead atoms. The van der Waals surface area contributed by atoms with Crippen molar-refractivity contribution < 1.29 is 9.84 Å². The van der Waals surface area contributed by atoms with E-state index in [-0.39, 0.29) is 6.10 Å². The lowest BCUT2D eigenvalue weighted by Gasteiger charge is -2.13. The van der Waals surface area contributed by atoms with Gasteiger partial charge in [0.05, 0.1) is 6.10 Å². The van der Waals surface area contributed by atoms with Crippen molar-refractivity contribution in [3.05, 3.63) is 23.8 Å². The Morgan fingerprint density at radius 1 is 1.14 bits per heavy atom. The lowest BCUT2D eigenvalue weighted by Crippen LogP contribution is -2.05. The highest BCUT2D eigenvalue weighted by atomic mass is 16.5. The fourth-order valence-electron chi connectivity index (χ4n) is 1.36. The Bertz CT molecular complexity index is 303. The maximum atomic E-state index is 9.69. The number of phenols is 1. The van der Waals surface area contributed by atoms with Gasteiger partial charge in [-0.3, -0.25) is 0 Å². The largest absolute Gasteiger partial charge is 0.508 e. The second-order valence-corrected chi connectivity index (χ2v) is 4.04. The van der Waals surface area contributed by atoms with Crippen LogP contribution in [0.1, 0.15) is 39.2 Å². The molecule has 78 valence electrons. The number of benzene rings is 1. The molecule has 0 fully saturated rings. The zero-order chi connectivity index (χ0) is 10.7.